The molecule has 0 aliphatic carbocycles. The van der Waals surface area contributed by atoms with E-state index >= 15 is 0 Å². The maximum Gasteiger partial charge on any atom is 0.251 e. The third kappa shape index (κ3) is 7.72. The van der Waals surface area contributed by atoms with Gasteiger partial charge in [-0.3, -0.25) is 9.79 Å². The van der Waals surface area contributed by atoms with Gasteiger partial charge < -0.3 is 16.0 Å². The lowest BCUT2D eigenvalue weighted by atomic mass is 10.1. The van der Waals surface area contributed by atoms with E-state index in [2.05, 4.69) is 52.3 Å². The summed E-state index contributed by atoms with van der Waals surface area (Å²) in [7, 11) is 1.78. The van der Waals surface area contributed by atoms with Crippen molar-refractivity contribution in [2.45, 2.75) is 39.7 Å². The Labute approximate surface area is 172 Å². The predicted octanol–water partition coefficient (Wildman–Crippen LogP) is 3.82. The molecule has 0 aliphatic rings. The van der Waals surface area contributed by atoms with Crippen LogP contribution in [0.5, 0.6) is 0 Å². The van der Waals surface area contributed by atoms with Gasteiger partial charge in [0, 0.05) is 37.1 Å². The van der Waals surface area contributed by atoms with Crippen molar-refractivity contribution < 1.29 is 4.79 Å². The van der Waals surface area contributed by atoms with Crippen LogP contribution in [0.3, 0.4) is 0 Å². The largest absolute Gasteiger partial charge is 0.356 e. The Morgan fingerprint density at radius 3 is 2.57 bits per heavy atom. The van der Waals surface area contributed by atoms with E-state index in [-0.39, 0.29) is 5.91 Å². The molecule has 0 saturated carbocycles. The van der Waals surface area contributed by atoms with Gasteiger partial charge in [0.25, 0.3) is 5.91 Å². The number of hydrogen-bond donors (Lipinski definition) is 3. The highest BCUT2D eigenvalue weighted by molar-refractivity contribution is 7.09. The minimum Gasteiger partial charge on any atom is -0.356 e. The summed E-state index contributed by atoms with van der Waals surface area (Å²) in [6.07, 6.45) is 3.16. The molecule has 6 heteroatoms. The lowest BCUT2D eigenvalue weighted by molar-refractivity contribution is 0.0953. The van der Waals surface area contributed by atoms with Crippen molar-refractivity contribution in [2.24, 2.45) is 10.9 Å². The maximum atomic E-state index is 12.1. The normalized spacial score (nSPS) is 12.5. The van der Waals surface area contributed by atoms with Crippen molar-refractivity contribution in [1.82, 2.24) is 16.0 Å². The molecule has 1 unspecified atom stereocenters. The molecule has 0 spiro atoms. The summed E-state index contributed by atoms with van der Waals surface area (Å²) in [5.74, 6) is 1.31. The van der Waals surface area contributed by atoms with E-state index < -0.39 is 0 Å². The number of carbonyl (C=O) groups is 1. The summed E-state index contributed by atoms with van der Waals surface area (Å²) in [6, 6.07) is 12.0. The average Bonchev–Trinajstić information content (AvgIpc) is 3.21. The zero-order valence-electron chi connectivity index (χ0n) is 17.1. The summed E-state index contributed by atoms with van der Waals surface area (Å²) < 4.78 is 0. The fraction of sp³-hybridized carbons (Fsp3) is 0.455. The van der Waals surface area contributed by atoms with Crippen molar-refractivity contribution in [2.75, 3.05) is 20.1 Å². The summed E-state index contributed by atoms with van der Waals surface area (Å²) in [6.45, 7) is 6.61. The number of aliphatic imine (C=N–C) groups is 1. The number of nitrogens with one attached hydrogen (secondary N) is 3. The van der Waals surface area contributed by atoms with Crippen molar-refractivity contribution in [3.63, 3.8) is 0 Å². The predicted molar refractivity (Wildman–Crippen MR) is 119 cm³/mol. The molecular weight excluding hydrogens is 368 g/mol. The van der Waals surface area contributed by atoms with Gasteiger partial charge in [-0.2, -0.15) is 0 Å². The van der Waals surface area contributed by atoms with E-state index in [1.165, 1.54) is 4.88 Å². The lowest BCUT2D eigenvalue weighted by Gasteiger charge is -2.16. The maximum absolute atomic E-state index is 12.1. The summed E-state index contributed by atoms with van der Waals surface area (Å²) in [5, 5.41) is 11.8. The Kier molecular flexibility index (Phi) is 9.55. The molecular formula is C22H32N4OS. The Morgan fingerprint density at radius 2 is 1.93 bits per heavy atom. The van der Waals surface area contributed by atoms with E-state index in [4.69, 9.17) is 0 Å². The van der Waals surface area contributed by atoms with E-state index in [9.17, 15) is 4.79 Å². The molecule has 1 aromatic carbocycles. The number of rotatable bonds is 10. The summed E-state index contributed by atoms with van der Waals surface area (Å²) >= 11 is 1.81. The van der Waals surface area contributed by atoms with Gasteiger partial charge in [0.1, 0.15) is 0 Å². The van der Waals surface area contributed by atoms with E-state index in [1.54, 1.807) is 18.4 Å². The van der Waals surface area contributed by atoms with Crippen LogP contribution in [-0.2, 0) is 13.0 Å². The highest BCUT2D eigenvalue weighted by Crippen LogP contribution is 2.13. The molecule has 1 amide bonds. The highest BCUT2D eigenvalue weighted by Gasteiger charge is 2.07. The standard InChI is InChI=1S/C22H32N4OS/c1-4-5-12-24-21(27)19-10-8-18(9-11-19)16-26-22(23-3)25-15-17(2)14-20-7-6-13-28-20/h6-11,13,17H,4-5,12,14-16H2,1-3H3,(H,24,27)(H2,23,25,26). The molecule has 2 rings (SSSR count). The fourth-order valence-electron chi connectivity index (χ4n) is 2.78. The van der Waals surface area contributed by atoms with E-state index in [0.29, 0.717) is 18.0 Å². The number of unbranched alkanes of at least 4 members (excludes halogenated alkanes) is 1. The lowest BCUT2D eigenvalue weighted by Crippen LogP contribution is -2.39. The van der Waals surface area contributed by atoms with Crippen LogP contribution in [-0.4, -0.2) is 32.0 Å². The van der Waals surface area contributed by atoms with Crippen LogP contribution in [0.25, 0.3) is 0 Å². The van der Waals surface area contributed by atoms with Crippen molar-refractivity contribution in [3.8, 4) is 0 Å². The topological polar surface area (TPSA) is 65.5 Å². The molecule has 0 bridgehead atoms. The SMILES string of the molecule is CCCCNC(=O)c1ccc(CNC(=NC)NCC(C)Cc2cccs2)cc1. The van der Waals surface area contributed by atoms with Crippen LogP contribution in [0.1, 0.15) is 47.5 Å². The molecule has 2 aromatic rings. The molecule has 1 atom stereocenters. The van der Waals surface area contributed by atoms with Crippen LogP contribution in [0.4, 0.5) is 0 Å². The second kappa shape index (κ2) is 12.2. The van der Waals surface area contributed by atoms with E-state index in [1.807, 2.05) is 24.3 Å². The first-order valence-electron chi connectivity index (χ1n) is 9.96. The molecule has 3 N–H and O–H groups in total. The number of amides is 1. The van der Waals surface area contributed by atoms with Gasteiger partial charge in [0.2, 0.25) is 0 Å². The highest BCUT2D eigenvalue weighted by atomic mass is 32.1. The molecule has 152 valence electrons. The molecule has 5 nitrogen and oxygen atoms in total. The van der Waals surface area contributed by atoms with Gasteiger partial charge in [0.05, 0.1) is 0 Å². The van der Waals surface area contributed by atoms with Gasteiger partial charge in [-0.1, -0.05) is 38.5 Å². The fourth-order valence-corrected chi connectivity index (χ4v) is 3.65. The molecule has 28 heavy (non-hydrogen) atoms. The second-order valence-electron chi connectivity index (χ2n) is 7.00. The van der Waals surface area contributed by atoms with Gasteiger partial charge >= 0.3 is 0 Å². The number of carbonyl (C=O) groups excluding carboxylic acids is 1. The van der Waals surface area contributed by atoms with Crippen molar-refractivity contribution >= 4 is 23.2 Å². The number of guanidine groups is 1. The number of thiophene rings is 1. The quantitative estimate of drug-likeness (QED) is 0.323. The third-order valence-electron chi connectivity index (χ3n) is 4.46. The first-order chi connectivity index (χ1) is 13.6. The van der Waals surface area contributed by atoms with Crippen LogP contribution >= 0.6 is 11.3 Å². The van der Waals surface area contributed by atoms with Crippen molar-refractivity contribution in [1.29, 1.82) is 0 Å². The van der Waals surface area contributed by atoms with Crippen LogP contribution < -0.4 is 16.0 Å². The van der Waals surface area contributed by atoms with Crippen LogP contribution in [0, 0.1) is 5.92 Å². The summed E-state index contributed by atoms with van der Waals surface area (Å²) in [4.78, 5) is 17.8. The van der Waals surface area contributed by atoms with Gasteiger partial charge in [0.15, 0.2) is 5.96 Å². The van der Waals surface area contributed by atoms with E-state index in [0.717, 1.165) is 43.9 Å². The van der Waals surface area contributed by atoms with Crippen molar-refractivity contribution in [3.05, 3.63) is 57.8 Å². The Balaban J connectivity index is 1.74. The number of nitrogens with zero attached hydrogens (tertiary/aromatic N) is 1. The average molecular weight is 401 g/mol. The Bertz CT molecular complexity index is 726. The van der Waals surface area contributed by atoms with Gasteiger partial charge in [-0.05, 0) is 47.9 Å². The van der Waals surface area contributed by atoms with Crippen LogP contribution in [0.2, 0.25) is 0 Å². The zero-order valence-corrected chi connectivity index (χ0v) is 17.9. The molecule has 0 saturated heterocycles. The van der Waals surface area contributed by atoms with Crippen LogP contribution in [0.15, 0.2) is 46.8 Å². The minimum absolute atomic E-state index is 0.00911. The molecule has 0 radical (unpaired) electrons. The zero-order chi connectivity index (χ0) is 20.2. The molecule has 0 aliphatic heterocycles. The molecule has 0 fully saturated rings. The number of benzene rings is 1. The minimum atomic E-state index is -0.00911. The molecule has 1 aromatic heterocycles. The Hall–Kier alpha value is -2.34. The summed E-state index contributed by atoms with van der Waals surface area (Å²) in [5.41, 5.74) is 1.81. The smallest absolute Gasteiger partial charge is 0.251 e. The van der Waals surface area contributed by atoms with Gasteiger partial charge in [-0.25, -0.2) is 0 Å². The first-order valence-corrected chi connectivity index (χ1v) is 10.8. The second-order valence-corrected chi connectivity index (χ2v) is 8.03. The molecule has 1 heterocycles. The first kappa shape index (κ1) is 22.0. The monoisotopic (exact) mass is 400 g/mol. The van der Waals surface area contributed by atoms with Gasteiger partial charge in [-0.15, -0.1) is 11.3 Å². The third-order valence-corrected chi connectivity index (χ3v) is 5.36. The Morgan fingerprint density at radius 1 is 1.14 bits per heavy atom. The number of hydrogen-bond acceptors (Lipinski definition) is 3.